The minimum atomic E-state index is -2.58. The first-order valence-corrected chi connectivity index (χ1v) is 4.60. The Balaban J connectivity index is 2.93. The predicted molar refractivity (Wildman–Crippen MR) is 39.3 cm³/mol. The Labute approximate surface area is 70.3 Å². The first kappa shape index (κ1) is 9.18. The number of alkyl halides is 2. The van der Waals surface area contributed by atoms with Gasteiger partial charge in [-0.1, -0.05) is 0 Å². The average Bonchev–Trinajstić information content (AvgIpc) is 2.04. The van der Waals surface area contributed by atoms with Gasteiger partial charge in [0.25, 0.3) is 6.43 Å². The van der Waals surface area contributed by atoms with Crippen LogP contribution in [0.3, 0.4) is 0 Å². The van der Waals surface area contributed by atoms with E-state index in [2.05, 4.69) is 9.97 Å². The first-order chi connectivity index (χ1) is 5.61. The van der Waals surface area contributed by atoms with Crippen molar-refractivity contribution < 1.29 is 13.0 Å². The number of hydrogen-bond donors (Lipinski definition) is 0. The van der Waals surface area contributed by atoms with Gasteiger partial charge in [-0.2, -0.15) is 0 Å². The molecule has 0 N–H and O–H groups in total. The first-order valence-electron chi connectivity index (χ1n) is 3.05. The van der Waals surface area contributed by atoms with Gasteiger partial charge in [0.15, 0.2) is 0 Å². The second-order valence-corrected chi connectivity index (χ2v) is 3.33. The predicted octanol–water partition coefficient (Wildman–Crippen LogP) is 1.15. The van der Waals surface area contributed by atoms with Crippen LogP contribution in [0.15, 0.2) is 17.6 Å². The molecule has 0 spiro atoms. The number of aromatic nitrogens is 2. The van der Waals surface area contributed by atoms with E-state index in [1.54, 1.807) is 0 Å². The molecule has 66 valence electrons. The zero-order valence-corrected chi connectivity index (χ0v) is 7.02. The number of rotatable bonds is 2. The molecule has 0 fully saturated rings. The molecule has 0 aliphatic heterocycles. The zero-order chi connectivity index (χ0) is 9.14. The van der Waals surface area contributed by atoms with Crippen LogP contribution in [0, 0.1) is 0 Å². The lowest BCUT2D eigenvalue weighted by Crippen LogP contribution is -1.97. The summed E-state index contributed by atoms with van der Waals surface area (Å²) in [5, 5.41) is 0.0689. The molecule has 0 unspecified atom stereocenters. The molecule has 6 heteroatoms. The van der Waals surface area contributed by atoms with Crippen LogP contribution in [0.5, 0.6) is 0 Å². The van der Waals surface area contributed by atoms with Gasteiger partial charge in [0.05, 0.1) is 16.4 Å². The van der Waals surface area contributed by atoms with E-state index in [1.807, 2.05) is 0 Å². The summed E-state index contributed by atoms with van der Waals surface area (Å²) in [6, 6.07) is 0. The van der Waals surface area contributed by atoms with Crippen molar-refractivity contribution in [2.24, 2.45) is 0 Å². The summed E-state index contributed by atoms with van der Waals surface area (Å²) in [7, 11) is -1.32. The standard InChI is InChI=1S/C6H6F2N2OS/c1-12(11)6-9-2-4(3-10-6)5(7)8/h2-3,5H,1H3/t12-/m0/s1. The van der Waals surface area contributed by atoms with Crippen LogP contribution in [0.4, 0.5) is 8.78 Å². The summed E-state index contributed by atoms with van der Waals surface area (Å²) in [5.74, 6) is 0. The van der Waals surface area contributed by atoms with E-state index >= 15 is 0 Å². The second-order valence-electron chi connectivity index (χ2n) is 2.05. The van der Waals surface area contributed by atoms with E-state index in [1.165, 1.54) is 6.26 Å². The van der Waals surface area contributed by atoms with Crippen molar-refractivity contribution in [3.05, 3.63) is 18.0 Å². The molecule has 0 saturated carbocycles. The molecule has 0 aliphatic rings. The highest BCUT2D eigenvalue weighted by atomic mass is 32.2. The smallest absolute Gasteiger partial charge is 0.251 e. The van der Waals surface area contributed by atoms with Crippen LogP contribution in [0.2, 0.25) is 0 Å². The largest absolute Gasteiger partial charge is 0.266 e. The molecule has 12 heavy (non-hydrogen) atoms. The van der Waals surface area contributed by atoms with Gasteiger partial charge in [-0.3, -0.25) is 4.21 Å². The van der Waals surface area contributed by atoms with E-state index in [9.17, 15) is 13.0 Å². The van der Waals surface area contributed by atoms with Gasteiger partial charge in [0, 0.05) is 18.6 Å². The lowest BCUT2D eigenvalue weighted by molar-refractivity contribution is 0.150. The molecule has 1 aromatic rings. The zero-order valence-electron chi connectivity index (χ0n) is 6.20. The van der Waals surface area contributed by atoms with Crippen molar-refractivity contribution in [1.82, 2.24) is 9.97 Å². The van der Waals surface area contributed by atoms with Crippen LogP contribution in [0.1, 0.15) is 12.0 Å². The van der Waals surface area contributed by atoms with Gasteiger partial charge in [-0.05, 0) is 0 Å². The number of halogens is 2. The fourth-order valence-corrected chi connectivity index (χ4v) is 0.990. The van der Waals surface area contributed by atoms with Gasteiger partial charge < -0.3 is 0 Å². The van der Waals surface area contributed by atoms with Crippen LogP contribution in [-0.4, -0.2) is 20.4 Å². The maximum atomic E-state index is 11.9. The molecule has 0 aromatic carbocycles. The van der Waals surface area contributed by atoms with E-state index in [-0.39, 0.29) is 10.7 Å². The van der Waals surface area contributed by atoms with Crippen molar-refractivity contribution in [2.45, 2.75) is 11.6 Å². The van der Waals surface area contributed by atoms with E-state index in [4.69, 9.17) is 0 Å². The van der Waals surface area contributed by atoms with Crippen molar-refractivity contribution in [3.8, 4) is 0 Å². The highest BCUT2D eigenvalue weighted by Crippen LogP contribution is 2.16. The van der Waals surface area contributed by atoms with Crippen molar-refractivity contribution in [3.63, 3.8) is 0 Å². The molecule has 1 rings (SSSR count). The number of hydrogen-bond acceptors (Lipinski definition) is 3. The quantitative estimate of drug-likeness (QED) is 0.660. The Morgan fingerprint density at radius 2 is 1.92 bits per heavy atom. The molecule has 0 bridgehead atoms. The third-order valence-corrected chi connectivity index (χ3v) is 1.88. The summed E-state index contributed by atoms with van der Waals surface area (Å²) >= 11 is 0. The summed E-state index contributed by atoms with van der Waals surface area (Å²) in [4.78, 5) is 7.02. The van der Waals surface area contributed by atoms with Gasteiger partial charge >= 0.3 is 0 Å². The van der Waals surface area contributed by atoms with Gasteiger partial charge in [-0.15, -0.1) is 0 Å². The monoisotopic (exact) mass is 192 g/mol. The summed E-state index contributed by atoms with van der Waals surface area (Å²) < 4.78 is 34.6. The Hall–Kier alpha value is -0.910. The van der Waals surface area contributed by atoms with E-state index in [0.29, 0.717) is 0 Å². The number of nitrogens with zero attached hydrogens (tertiary/aromatic N) is 2. The maximum absolute atomic E-state index is 11.9. The highest BCUT2D eigenvalue weighted by molar-refractivity contribution is 7.84. The Bertz CT molecular complexity index is 288. The van der Waals surface area contributed by atoms with Gasteiger partial charge in [0.1, 0.15) is 0 Å². The fraction of sp³-hybridized carbons (Fsp3) is 0.333. The van der Waals surface area contributed by atoms with Gasteiger partial charge in [0.2, 0.25) is 5.16 Å². The van der Waals surface area contributed by atoms with Crippen LogP contribution in [0.25, 0.3) is 0 Å². The lowest BCUT2D eigenvalue weighted by Gasteiger charge is -1.97. The fourth-order valence-electron chi connectivity index (χ4n) is 0.587. The van der Waals surface area contributed by atoms with Crippen LogP contribution < -0.4 is 0 Å². The summed E-state index contributed by atoms with van der Waals surface area (Å²) in [5.41, 5.74) is -0.260. The molecule has 1 heterocycles. The Morgan fingerprint density at radius 3 is 2.25 bits per heavy atom. The molecular weight excluding hydrogens is 186 g/mol. The average molecular weight is 192 g/mol. The Kier molecular flexibility index (Phi) is 2.80. The molecule has 1 atom stereocenters. The molecule has 0 aliphatic carbocycles. The summed E-state index contributed by atoms with van der Waals surface area (Å²) in [6.07, 6.45) is 0.768. The molecular formula is C6H6F2N2OS. The van der Waals surface area contributed by atoms with Crippen molar-refractivity contribution in [1.29, 1.82) is 0 Å². The van der Waals surface area contributed by atoms with Crippen LogP contribution in [-0.2, 0) is 10.8 Å². The Morgan fingerprint density at radius 1 is 1.42 bits per heavy atom. The van der Waals surface area contributed by atoms with Gasteiger partial charge in [-0.25, -0.2) is 18.7 Å². The third kappa shape index (κ3) is 2.04. The third-order valence-electron chi connectivity index (χ3n) is 1.16. The topological polar surface area (TPSA) is 42.9 Å². The minimum absolute atomic E-state index is 0.0689. The normalized spacial score (nSPS) is 13.3. The second kappa shape index (κ2) is 3.66. The highest BCUT2D eigenvalue weighted by Gasteiger charge is 2.08. The SMILES string of the molecule is C[S@](=O)c1ncc(C(F)F)cn1. The minimum Gasteiger partial charge on any atom is -0.251 e. The van der Waals surface area contributed by atoms with Crippen molar-refractivity contribution >= 4 is 10.8 Å². The molecule has 0 radical (unpaired) electrons. The molecule has 1 aromatic heterocycles. The van der Waals surface area contributed by atoms with Crippen LogP contribution >= 0.6 is 0 Å². The van der Waals surface area contributed by atoms with E-state index in [0.717, 1.165) is 12.4 Å². The maximum Gasteiger partial charge on any atom is 0.266 e. The summed E-state index contributed by atoms with van der Waals surface area (Å²) in [6.45, 7) is 0. The molecule has 0 saturated heterocycles. The molecule has 0 amide bonds. The van der Waals surface area contributed by atoms with Crippen molar-refractivity contribution in [2.75, 3.05) is 6.26 Å². The van der Waals surface area contributed by atoms with E-state index < -0.39 is 17.2 Å². The molecule has 3 nitrogen and oxygen atoms in total. The lowest BCUT2D eigenvalue weighted by atomic mass is 10.4.